The van der Waals surface area contributed by atoms with E-state index in [0.717, 1.165) is 72.5 Å². The lowest BCUT2D eigenvalue weighted by Crippen LogP contribution is -2.47. The Balaban J connectivity index is 1.34. The van der Waals surface area contributed by atoms with Crippen LogP contribution in [-0.2, 0) is 0 Å². The summed E-state index contributed by atoms with van der Waals surface area (Å²) in [7, 11) is 1.68. The second-order valence-electron chi connectivity index (χ2n) is 8.79. The van der Waals surface area contributed by atoms with Gasteiger partial charge in [-0.15, -0.1) is 0 Å². The number of anilines is 1. The molecule has 3 heterocycles. The quantitative estimate of drug-likeness (QED) is 0.417. The fourth-order valence-corrected chi connectivity index (χ4v) is 4.54. The summed E-state index contributed by atoms with van der Waals surface area (Å²) in [5.41, 5.74) is 6.32. The molecule has 0 radical (unpaired) electrons. The van der Waals surface area contributed by atoms with Crippen LogP contribution in [0.3, 0.4) is 0 Å². The molecule has 1 aliphatic heterocycles. The lowest BCUT2D eigenvalue weighted by molar-refractivity contribution is 0.283. The Kier molecular flexibility index (Phi) is 6.32. The standard InChI is InChI=1S/C28H31N5O/c1-21-20-26(32-18-16-31(17-19-32)15-7-10-23-8-5-4-6-9-23)33-28(29-21)22(2)27(30-33)24-11-13-25(34-3)14-12-24/h4-14,20H,15-19H2,1-3H3/b10-7+. The minimum Gasteiger partial charge on any atom is -0.497 e. The van der Waals surface area contributed by atoms with Crippen molar-refractivity contribution in [3.05, 3.63) is 83.6 Å². The third kappa shape index (κ3) is 4.54. The van der Waals surface area contributed by atoms with Crippen molar-refractivity contribution in [2.45, 2.75) is 13.8 Å². The van der Waals surface area contributed by atoms with Gasteiger partial charge in [0.2, 0.25) is 0 Å². The van der Waals surface area contributed by atoms with Crippen LogP contribution in [0, 0.1) is 13.8 Å². The van der Waals surface area contributed by atoms with Crippen molar-refractivity contribution in [1.82, 2.24) is 19.5 Å². The predicted octanol–water partition coefficient (Wildman–Crippen LogP) is 4.86. The molecule has 0 N–H and O–H groups in total. The molecule has 1 fully saturated rings. The Morgan fingerprint density at radius 1 is 0.941 bits per heavy atom. The van der Waals surface area contributed by atoms with Crippen LogP contribution in [0.4, 0.5) is 5.82 Å². The summed E-state index contributed by atoms with van der Waals surface area (Å²) in [6, 6.07) is 20.7. The van der Waals surface area contributed by atoms with Crippen molar-refractivity contribution in [3.63, 3.8) is 0 Å². The van der Waals surface area contributed by atoms with E-state index in [4.69, 9.17) is 14.8 Å². The van der Waals surface area contributed by atoms with Crippen LogP contribution < -0.4 is 9.64 Å². The maximum atomic E-state index is 5.31. The zero-order valence-electron chi connectivity index (χ0n) is 20.1. The summed E-state index contributed by atoms with van der Waals surface area (Å²) in [4.78, 5) is 9.76. The highest BCUT2D eigenvalue weighted by atomic mass is 16.5. The number of fused-ring (bicyclic) bond motifs is 1. The first-order valence-electron chi connectivity index (χ1n) is 11.8. The number of aromatic nitrogens is 3. The van der Waals surface area contributed by atoms with Crippen molar-refractivity contribution in [3.8, 4) is 17.0 Å². The van der Waals surface area contributed by atoms with Gasteiger partial charge in [-0.25, -0.2) is 4.98 Å². The summed E-state index contributed by atoms with van der Waals surface area (Å²) in [6.45, 7) is 9.11. The van der Waals surface area contributed by atoms with Gasteiger partial charge in [0, 0.05) is 55.6 Å². The Labute approximate surface area is 201 Å². The van der Waals surface area contributed by atoms with E-state index in [-0.39, 0.29) is 0 Å². The minimum atomic E-state index is 0.844. The van der Waals surface area contributed by atoms with Crippen molar-refractivity contribution >= 4 is 17.5 Å². The molecular formula is C28H31N5O. The van der Waals surface area contributed by atoms with Gasteiger partial charge < -0.3 is 9.64 Å². The topological polar surface area (TPSA) is 45.9 Å². The van der Waals surface area contributed by atoms with Crippen LogP contribution in [-0.4, -0.2) is 59.3 Å². The number of hydrogen-bond donors (Lipinski definition) is 0. The molecule has 0 atom stereocenters. The molecule has 0 unspecified atom stereocenters. The molecule has 1 saturated heterocycles. The van der Waals surface area contributed by atoms with Crippen LogP contribution in [0.1, 0.15) is 16.8 Å². The first-order valence-corrected chi connectivity index (χ1v) is 11.8. The van der Waals surface area contributed by atoms with Crippen molar-refractivity contribution in [1.29, 1.82) is 0 Å². The predicted molar refractivity (Wildman–Crippen MR) is 139 cm³/mol. The summed E-state index contributed by atoms with van der Waals surface area (Å²) in [5, 5.41) is 5.00. The van der Waals surface area contributed by atoms with Gasteiger partial charge in [0.05, 0.1) is 12.8 Å². The molecule has 0 aliphatic carbocycles. The van der Waals surface area contributed by atoms with Crippen LogP contribution in [0.5, 0.6) is 5.75 Å². The third-order valence-corrected chi connectivity index (χ3v) is 6.46. The average molecular weight is 454 g/mol. The summed E-state index contributed by atoms with van der Waals surface area (Å²) in [6.07, 6.45) is 4.47. The van der Waals surface area contributed by atoms with E-state index in [1.807, 2.05) is 16.6 Å². The second-order valence-corrected chi connectivity index (χ2v) is 8.79. The lowest BCUT2D eigenvalue weighted by Gasteiger charge is -2.35. The van der Waals surface area contributed by atoms with E-state index < -0.39 is 0 Å². The minimum absolute atomic E-state index is 0.844. The Bertz CT molecular complexity index is 1290. The SMILES string of the molecule is COc1ccc(-c2nn3c(N4CCN(C/C=C/c5ccccc5)CC4)cc(C)nc3c2C)cc1. The van der Waals surface area contributed by atoms with Crippen molar-refractivity contribution in [2.24, 2.45) is 0 Å². The van der Waals surface area contributed by atoms with Gasteiger partial charge in [0.1, 0.15) is 11.6 Å². The van der Waals surface area contributed by atoms with E-state index in [9.17, 15) is 0 Å². The first kappa shape index (κ1) is 22.2. The molecule has 1 aliphatic rings. The van der Waals surface area contributed by atoms with E-state index >= 15 is 0 Å². The smallest absolute Gasteiger partial charge is 0.161 e. The van der Waals surface area contributed by atoms with E-state index in [1.165, 1.54) is 5.56 Å². The molecule has 2 aromatic carbocycles. The third-order valence-electron chi connectivity index (χ3n) is 6.46. The molecule has 5 rings (SSSR count). The Morgan fingerprint density at radius 2 is 1.68 bits per heavy atom. The molecule has 0 saturated carbocycles. The van der Waals surface area contributed by atoms with E-state index in [1.54, 1.807) is 7.11 Å². The van der Waals surface area contributed by atoms with Gasteiger partial charge in [0.15, 0.2) is 5.65 Å². The van der Waals surface area contributed by atoms with E-state index in [0.29, 0.717) is 0 Å². The zero-order chi connectivity index (χ0) is 23.5. The normalized spacial score (nSPS) is 14.9. The van der Waals surface area contributed by atoms with Gasteiger partial charge >= 0.3 is 0 Å². The summed E-state index contributed by atoms with van der Waals surface area (Å²) in [5.74, 6) is 1.96. The molecular weight excluding hydrogens is 422 g/mol. The fourth-order valence-electron chi connectivity index (χ4n) is 4.54. The molecule has 0 amide bonds. The van der Waals surface area contributed by atoms with Crippen LogP contribution in [0.25, 0.3) is 23.0 Å². The number of ether oxygens (including phenoxy) is 1. The number of benzene rings is 2. The van der Waals surface area contributed by atoms with Gasteiger partial charge in [-0.2, -0.15) is 9.61 Å². The number of rotatable bonds is 6. The highest BCUT2D eigenvalue weighted by Gasteiger charge is 2.22. The molecule has 2 aromatic heterocycles. The lowest BCUT2D eigenvalue weighted by atomic mass is 10.1. The van der Waals surface area contributed by atoms with Gasteiger partial charge in [-0.3, -0.25) is 4.90 Å². The Morgan fingerprint density at radius 3 is 2.38 bits per heavy atom. The summed E-state index contributed by atoms with van der Waals surface area (Å²) < 4.78 is 7.33. The highest BCUT2D eigenvalue weighted by molar-refractivity contribution is 5.72. The van der Waals surface area contributed by atoms with E-state index in [2.05, 4.69) is 84.3 Å². The number of methoxy groups -OCH3 is 1. The molecule has 0 bridgehead atoms. The second kappa shape index (κ2) is 9.69. The average Bonchev–Trinajstić information content (AvgIpc) is 3.21. The van der Waals surface area contributed by atoms with Crippen molar-refractivity contribution < 1.29 is 4.74 Å². The monoisotopic (exact) mass is 453 g/mol. The number of hydrogen-bond acceptors (Lipinski definition) is 5. The maximum Gasteiger partial charge on any atom is 0.161 e. The van der Waals surface area contributed by atoms with Crippen LogP contribution >= 0.6 is 0 Å². The number of aryl methyl sites for hydroxylation is 2. The molecule has 4 aromatic rings. The largest absolute Gasteiger partial charge is 0.497 e. The molecule has 0 spiro atoms. The Hall–Kier alpha value is -3.64. The van der Waals surface area contributed by atoms with Gasteiger partial charge in [-0.1, -0.05) is 42.5 Å². The molecule has 34 heavy (non-hydrogen) atoms. The van der Waals surface area contributed by atoms with Crippen LogP contribution in [0.15, 0.2) is 66.7 Å². The highest BCUT2D eigenvalue weighted by Crippen LogP contribution is 2.29. The first-order chi connectivity index (χ1) is 16.6. The van der Waals surface area contributed by atoms with Crippen molar-refractivity contribution in [2.75, 3.05) is 44.7 Å². The zero-order valence-corrected chi connectivity index (χ0v) is 20.1. The molecule has 6 nitrogen and oxygen atoms in total. The maximum absolute atomic E-state index is 5.31. The summed E-state index contributed by atoms with van der Waals surface area (Å²) >= 11 is 0. The molecule has 174 valence electrons. The number of piperazine rings is 1. The number of nitrogens with zero attached hydrogens (tertiary/aromatic N) is 5. The van der Waals surface area contributed by atoms with Gasteiger partial charge in [-0.05, 0) is 43.7 Å². The fraction of sp³-hybridized carbons (Fsp3) is 0.286. The van der Waals surface area contributed by atoms with Gasteiger partial charge in [0.25, 0.3) is 0 Å². The van der Waals surface area contributed by atoms with Crippen LogP contribution in [0.2, 0.25) is 0 Å². The molecule has 6 heteroatoms.